The zero-order chi connectivity index (χ0) is 18.6. The van der Waals surface area contributed by atoms with Crippen LogP contribution in [0.25, 0.3) is 0 Å². The Morgan fingerprint density at radius 3 is 2.46 bits per heavy atom. The van der Waals surface area contributed by atoms with Crippen LogP contribution in [0.15, 0.2) is 54.7 Å². The highest BCUT2D eigenvalue weighted by Crippen LogP contribution is 2.32. The molecule has 0 bridgehead atoms. The molecule has 4 nitrogen and oxygen atoms in total. The van der Waals surface area contributed by atoms with Crippen molar-refractivity contribution in [3.05, 3.63) is 82.7 Å². The fourth-order valence-electron chi connectivity index (χ4n) is 2.69. The predicted molar refractivity (Wildman–Crippen MR) is 91.5 cm³/mol. The lowest BCUT2D eigenvalue weighted by Crippen LogP contribution is -2.10. The third kappa shape index (κ3) is 4.23. The minimum atomic E-state index is -4.46. The van der Waals surface area contributed by atoms with Crippen molar-refractivity contribution in [1.82, 2.24) is 10.2 Å². The molecule has 0 aliphatic rings. The summed E-state index contributed by atoms with van der Waals surface area (Å²) >= 11 is 0. The number of nitrogens with two attached hydrogens (primary N) is 1. The molecule has 0 atom stereocenters. The van der Waals surface area contributed by atoms with Gasteiger partial charge in [-0.05, 0) is 28.8 Å². The third-order valence-electron chi connectivity index (χ3n) is 4.03. The molecule has 0 aliphatic heterocycles. The van der Waals surface area contributed by atoms with E-state index in [9.17, 15) is 13.2 Å². The fourth-order valence-corrected chi connectivity index (χ4v) is 2.69. The lowest BCUT2D eigenvalue weighted by molar-refractivity contribution is -0.141. The standard InChI is InChI=1S/C19H18F3N3O/c20-19(21,22)18-16(11-24-25-18)8-14-6-7-17(9-15(14)10-23)26-12-13-4-2-1-3-5-13/h1-7,9,11H,8,10,12,23H2,(H,24,25). The topological polar surface area (TPSA) is 63.9 Å². The van der Waals surface area contributed by atoms with Crippen LogP contribution >= 0.6 is 0 Å². The number of aromatic nitrogens is 2. The molecule has 0 amide bonds. The molecule has 136 valence electrons. The summed E-state index contributed by atoms with van der Waals surface area (Å²) < 4.78 is 44.7. The van der Waals surface area contributed by atoms with Crippen LogP contribution in [-0.2, 0) is 25.7 Å². The summed E-state index contributed by atoms with van der Waals surface area (Å²) in [6, 6.07) is 14.9. The van der Waals surface area contributed by atoms with Crippen LogP contribution < -0.4 is 10.5 Å². The van der Waals surface area contributed by atoms with Gasteiger partial charge in [0.05, 0.1) is 6.20 Å². The van der Waals surface area contributed by atoms with Crippen LogP contribution in [0.3, 0.4) is 0 Å². The largest absolute Gasteiger partial charge is 0.489 e. The Balaban J connectivity index is 1.76. The van der Waals surface area contributed by atoms with Gasteiger partial charge in [0.15, 0.2) is 0 Å². The first-order chi connectivity index (χ1) is 12.5. The van der Waals surface area contributed by atoms with Gasteiger partial charge in [0.25, 0.3) is 0 Å². The summed E-state index contributed by atoms with van der Waals surface area (Å²) in [7, 11) is 0. The Hall–Kier alpha value is -2.80. The molecule has 26 heavy (non-hydrogen) atoms. The van der Waals surface area contributed by atoms with Crippen LogP contribution in [0.2, 0.25) is 0 Å². The second-order valence-electron chi connectivity index (χ2n) is 5.85. The van der Waals surface area contributed by atoms with E-state index in [4.69, 9.17) is 10.5 Å². The number of H-pyrrole nitrogens is 1. The van der Waals surface area contributed by atoms with Crippen molar-refractivity contribution in [2.24, 2.45) is 5.73 Å². The van der Waals surface area contributed by atoms with Crippen molar-refractivity contribution < 1.29 is 17.9 Å². The zero-order valence-corrected chi connectivity index (χ0v) is 13.9. The first kappa shape index (κ1) is 18.0. The molecule has 1 aromatic heterocycles. The molecular formula is C19H18F3N3O. The van der Waals surface area contributed by atoms with Gasteiger partial charge in [-0.1, -0.05) is 36.4 Å². The number of aromatic amines is 1. The number of alkyl halides is 3. The minimum Gasteiger partial charge on any atom is -0.489 e. The van der Waals surface area contributed by atoms with E-state index in [1.54, 1.807) is 18.2 Å². The van der Waals surface area contributed by atoms with Crippen LogP contribution in [0.5, 0.6) is 5.75 Å². The van der Waals surface area contributed by atoms with Gasteiger partial charge < -0.3 is 10.5 Å². The van der Waals surface area contributed by atoms with Crippen LogP contribution in [-0.4, -0.2) is 10.2 Å². The molecule has 7 heteroatoms. The van der Waals surface area contributed by atoms with E-state index in [0.717, 1.165) is 11.1 Å². The highest BCUT2D eigenvalue weighted by atomic mass is 19.4. The second-order valence-corrected chi connectivity index (χ2v) is 5.85. The number of rotatable bonds is 6. The molecule has 3 rings (SSSR count). The maximum Gasteiger partial charge on any atom is 0.433 e. The van der Waals surface area contributed by atoms with Crippen LogP contribution in [0, 0.1) is 0 Å². The smallest absolute Gasteiger partial charge is 0.433 e. The number of ether oxygens (including phenoxy) is 1. The van der Waals surface area contributed by atoms with Crippen LogP contribution in [0.1, 0.15) is 27.9 Å². The number of benzene rings is 2. The van der Waals surface area contributed by atoms with E-state index in [1.807, 2.05) is 35.4 Å². The van der Waals surface area contributed by atoms with E-state index in [-0.39, 0.29) is 18.5 Å². The normalized spacial score (nSPS) is 11.5. The molecule has 0 saturated carbocycles. The summed E-state index contributed by atoms with van der Waals surface area (Å²) in [5, 5.41) is 5.54. The van der Waals surface area contributed by atoms with E-state index in [1.165, 1.54) is 6.20 Å². The van der Waals surface area contributed by atoms with Crippen LogP contribution in [0.4, 0.5) is 13.2 Å². The average Bonchev–Trinajstić information content (AvgIpc) is 3.10. The van der Waals surface area contributed by atoms with Gasteiger partial charge in [0.2, 0.25) is 0 Å². The molecule has 0 saturated heterocycles. The Labute approximate surface area is 148 Å². The monoisotopic (exact) mass is 361 g/mol. The SMILES string of the molecule is NCc1cc(OCc2ccccc2)ccc1Cc1cn[nH]c1C(F)(F)F. The molecule has 0 fully saturated rings. The molecule has 0 spiro atoms. The molecule has 0 radical (unpaired) electrons. The molecule has 0 unspecified atom stereocenters. The summed E-state index contributed by atoms with van der Waals surface area (Å²) in [6.45, 7) is 0.612. The summed E-state index contributed by atoms with van der Waals surface area (Å²) in [5.74, 6) is 0.626. The van der Waals surface area contributed by atoms with Crippen molar-refractivity contribution in [2.45, 2.75) is 25.7 Å². The van der Waals surface area contributed by atoms with Gasteiger partial charge in [-0.15, -0.1) is 0 Å². The third-order valence-corrected chi connectivity index (χ3v) is 4.03. The lowest BCUT2D eigenvalue weighted by Gasteiger charge is -2.13. The maximum atomic E-state index is 13.0. The zero-order valence-electron chi connectivity index (χ0n) is 13.9. The Kier molecular flexibility index (Phi) is 5.27. The van der Waals surface area contributed by atoms with Gasteiger partial charge in [0.1, 0.15) is 18.1 Å². The number of nitrogens with zero attached hydrogens (tertiary/aromatic N) is 1. The van der Waals surface area contributed by atoms with Crippen molar-refractivity contribution in [3.8, 4) is 5.75 Å². The summed E-state index contributed by atoms with van der Waals surface area (Å²) in [6.07, 6.45) is -3.17. The Morgan fingerprint density at radius 2 is 1.77 bits per heavy atom. The average molecular weight is 361 g/mol. The quantitative estimate of drug-likeness (QED) is 0.696. The summed E-state index contributed by atoms with van der Waals surface area (Å²) in [5.41, 5.74) is 7.52. The van der Waals surface area contributed by atoms with E-state index in [0.29, 0.717) is 17.9 Å². The van der Waals surface area contributed by atoms with E-state index in [2.05, 4.69) is 5.10 Å². The fraction of sp³-hybridized carbons (Fsp3) is 0.211. The highest BCUT2D eigenvalue weighted by molar-refractivity contribution is 5.39. The minimum absolute atomic E-state index is 0.0881. The Morgan fingerprint density at radius 1 is 1.00 bits per heavy atom. The van der Waals surface area contributed by atoms with E-state index >= 15 is 0 Å². The number of halogens is 3. The van der Waals surface area contributed by atoms with E-state index < -0.39 is 11.9 Å². The van der Waals surface area contributed by atoms with Gasteiger partial charge in [-0.25, -0.2) is 0 Å². The Bertz CT molecular complexity index is 860. The first-order valence-electron chi connectivity index (χ1n) is 8.05. The van der Waals surface area contributed by atoms with Crippen molar-refractivity contribution in [2.75, 3.05) is 0 Å². The van der Waals surface area contributed by atoms with Gasteiger partial charge in [-0.2, -0.15) is 18.3 Å². The number of nitrogens with one attached hydrogen (secondary N) is 1. The number of hydrogen-bond donors (Lipinski definition) is 2. The molecular weight excluding hydrogens is 343 g/mol. The van der Waals surface area contributed by atoms with Crippen molar-refractivity contribution in [3.63, 3.8) is 0 Å². The van der Waals surface area contributed by atoms with Gasteiger partial charge in [-0.3, -0.25) is 5.10 Å². The highest BCUT2D eigenvalue weighted by Gasteiger charge is 2.35. The second kappa shape index (κ2) is 7.61. The van der Waals surface area contributed by atoms with Gasteiger partial charge in [0, 0.05) is 18.5 Å². The van der Waals surface area contributed by atoms with Crippen molar-refractivity contribution >= 4 is 0 Å². The molecule has 0 aliphatic carbocycles. The molecule has 3 aromatic rings. The first-order valence-corrected chi connectivity index (χ1v) is 8.05. The molecule has 2 aromatic carbocycles. The van der Waals surface area contributed by atoms with Gasteiger partial charge >= 0.3 is 6.18 Å². The predicted octanol–water partition coefficient (Wildman–Crippen LogP) is 4.06. The van der Waals surface area contributed by atoms with Crippen molar-refractivity contribution in [1.29, 1.82) is 0 Å². The molecule has 3 N–H and O–H groups in total. The molecule has 1 heterocycles. The summed E-state index contributed by atoms with van der Waals surface area (Å²) in [4.78, 5) is 0. The lowest BCUT2D eigenvalue weighted by atomic mass is 9.99. The number of hydrogen-bond acceptors (Lipinski definition) is 3. The maximum absolute atomic E-state index is 13.0.